The van der Waals surface area contributed by atoms with E-state index in [-0.39, 0.29) is 0 Å². The van der Waals surface area contributed by atoms with Crippen LogP contribution in [0.1, 0.15) is 18.9 Å². The number of hydrogen-bond donors (Lipinski definition) is 0. The van der Waals surface area contributed by atoms with Crippen LogP contribution in [0.15, 0.2) is 36.0 Å². The zero-order valence-electron chi connectivity index (χ0n) is 9.67. The van der Waals surface area contributed by atoms with Crippen LogP contribution >= 0.6 is 0 Å². The van der Waals surface area contributed by atoms with E-state index in [1.54, 1.807) is 0 Å². The highest BCUT2D eigenvalue weighted by atomic mass is 28.3. The molecule has 76 valence electrons. The average molecular weight is 204 g/mol. The van der Waals surface area contributed by atoms with Gasteiger partial charge in [-0.15, -0.1) is 0 Å². The second-order valence-corrected chi connectivity index (χ2v) is 9.78. The van der Waals surface area contributed by atoms with Gasteiger partial charge < -0.3 is 0 Å². The predicted octanol–water partition coefficient (Wildman–Crippen LogP) is 4.36. The molecule has 0 spiro atoms. The standard InChI is InChI=1S/C13H20Si/c1-5-12(11-14(2,3)4)13-9-7-6-8-10-13/h6-11H,5H2,1-4H3/b12-11+. The van der Waals surface area contributed by atoms with E-state index in [1.807, 2.05) is 0 Å². The topological polar surface area (TPSA) is 0 Å². The summed E-state index contributed by atoms with van der Waals surface area (Å²) in [7, 11) is -1.09. The van der Waals surface area contributed by atoms with Crippen LogP contribution in [0, 0.1) is 0 Å². The van der Waals surface area contributed by atoms with E-state index in [0.29, 0.717) is 0 Å². The molecule has 0 heterocycles. The molecule has 0 aliphatic rings. The SMILES string of the molecule is CC/C(=C\[Si](C)(C)C)c1ccccc1. The van der Waals surface area contributed by atoms with Crippen LogP contribution in [0.25, 0.3) is 5.57 Å². The summed E-state index contributed by atoms with van der Waals surface area (Å²) in [5.41, 5.74) is 5.39. The number of allylic oxidation sites excluding steroid dienone is 1. The molecule has 1 heteroatoms. The van der Waals surface area contributed by atoms with Gasteiger partial charge in [-0.2, -0.15) is 0 Å². The number of rotatable bonds is 3. The van der Waals surface area contributed by atoms with Gasteiger partial charge in [0, 0.05) is 0 Å². The molecule has 1 aromatic carbocycles. The molecule has 0 bridgehead atoms. The first-order valence-electron chi connectivity index (χ1n) is 5.30. The zero-order chi connectivity index (χ0) is 10.6. The third kappa shape index (κ3) is 3.50. The summed E-state index contributed by atoms with van der Waals surface area (Å²) < 4.78 is 0. The van der Waals surface area contributed by atoms with Gasteiger partial charge in [-0.1, -0.05) is 62.6 Å². The molecule has 0 aliphatic heterocycles. The smallest absolute Gasteiger partial charge is 0.0690 e. The molecule has 0 N–H and O–H groups in total. The molecule has 1 aromatic rings. The maximum atomic E-state index is 2.50. The minimum Gasteiger partial charge on any atom is -0.0913 e. The Morgan fingerprint density at radius 2 is 1.71 bits per heavy atom. The fraction of sp³-hybridized carbons (Fsp3) is 0.385. The largest absolute Gasteiger partial charge is 0.0913 e. The van der Waals surface area contributed by atoms with E-state index in [2.05, 4.69) is 62.6 Å². The number of hydrogen-bond acceptors (Lipinski definition) is 0. The molecule has 0 saturated carbocycles. The van der Waals surface area contributed by atoms with Gasteiger partial charge in [-0.05, 0) is 17.6 Å². The molecule has 0 nitrogen and oxygen atoms in total. The molecule has 0 radical (unpaired) electrons. The highest BCUT2D eigenvalue weighted by molar-refractivity contribution is 6.81. The minimum absolute atomic E-state index is 1.09. The van der Waals surface area contributed by atoms with Gasteiger partial charge in [0.2, 0.25) is 0 Å². The summed E-state index contributed by atoms with van der Waals surface area (Å²) in [6.45, 7) is 9.38. The van der Waals surface area contributed by atoms with Gasteiger partial charge in [0.1, 0.15) is 0 Å². The van der Waals surface area contributed by atoms with Crippen molar-refractivity contribution in [3.05, 3.63) is 41.6 Å². The summed E-state index contributed by atoms with van der Waals surface area (Å²) in [4.78, 5) is 0. The maximum absolute atomic E-state index is 2.50. The first-order chi connectivity index (χ1) is 6.53. The van der Waals surface area contributed by atoms with Crippen molar-refractivity contribution in [3.63, 3.8) is 0 Å². The molecule has 14 heavy (non-hydrogen) atoms. The average Bonchev–Trinajstić information content (AvgIpc) is 2.14. The van der Waals surface area contributed by atoms with Gasteiger partial charge in [0.05, 0.1) is 8.07 Å². The first-order valence-corrected chi connectivity index (χ1v) is 8.88. The lowest BCUT2D eigenvalue weighted by Gasteiger charge is -2.13. The Morgan fingerprint density at radius 1 is 1.14 bits per heavy atom. The van der Waals surface area contributed by atoms with Crippen molar-refractivity contribution >= 4 is 13.6 Å². The molecule has 0 atom stereocenters. The monoisotopic (exact) mass is 204 g/mol. The van der Waals surface area contributed by atoms with Crippen LogP contribution in [-0.4, -0.2) is 8.07 Å². The van der Waals surface area contributed by atoms with Gasteiger partial charge in [-0.25, -0.2) is 0 Å². The van der Waals surface area contributed by atoms with Crippen molar-refractivity contribution in [2.75, 3.05) is 0 Å². The lowest BCUT2D eigenvalue weighted by molar-refractivity contribution is 1.24. The fourth-order valence-corrected chi connectivity index (χ4v) is 2.98. The van der Waals surface area contributed by atoms with E-state index in [9.17, 15) is 0 Å². The number of benzene rings is 1. The third-order valence-electron chi connectivity index (χ3n) is 2.13. The van der Waals surface area contributed by atoms with Crippen molar-refractivity contribution < 1.29 is 0 Å². The van der Waals surface area contributed by atoms with Gasteiger partial charge in [-0.3, -0.25) is 0 Å². The Labute approximate surface area is 88.7 Å². The van der Waals surface area contributed by atoms with E-state index in [0.717, 1.165) is 6.42 Å². The van der Waals surface area contributed by atoms with E-state index in [1.165, 1.54) is 11.1 Å². The second kappa shape index (κ2) is 4.60. The van der Waals surface area contributed by atoms with Crippen molar-refractivity contribution in [1.29, 1.82) is 0 Å². The van der Waals surface area contributed by atoms with Crippen LogP contribution in [-0.2, 0) is 0 Å². The quantitative estimate of drug-likeness (QED) is 0.642. The Morgan fingerprint density at radius 3 is 2.14 bits per heavy atom. The molecule has 0 saturated heterocycles. The Balaban J connectivity index is 3.00. The minimum atomic E-state index is -1.09. The van der Waals surface area contributed by atoms with Gasteiger partial charge >= 0.3 is 0 Å². The lowest BCUT2D eigenvalue weighted by Crippen LogP contribution is -2.16. The Hall–Kier alpha value is -0.823. The predicted molar refractivity (Wildman–Crippen MR) is 68.1 cm³/mol. The van der Waals surface area contributed by atoms with E-state index >= 15 is 0 Å². The molecule has 0 unspecified atom stereocenters. The molecule has 0 aromatic heterocycles. The summed E-state index contributed by atoms with van der Waals surface area (Å²) in [6, 6.07) is 10.7. The molecule has 1 rings (SSSR count). The van der Waals surface area contributed by atoms with Crippen LogP contribution < -0.4 is 0 Å². The molecule has 0 amide bonds. The molecular weight excluding hydrogens is 184 g/mol. The van der Waals surface area contributed by atoms with E-state index < -0.39 is 8.07 Å². The van der Waals surface area contributed by atoms with Crippen molar-refractivity contribution in [1.82, 2.24) is 0 Å². The van der Waals surface area contributed by atoms with E-state index in [4.69, 9.17) is 0 Å². The fourth-order valence-electron chi connectivity index (χ4n) is 1.56. The summed E-state index contributed by atoms with van der Waals surface area (Å²) >= 11 is 0. The highest BCUT2D eigenvalue weighted by Gasteiger charge is 2.10. The normalized spacial score (nSPS) is 13.0. The molecule has 0 aliphatic carbocycles. The first kappa shape index (κ1) is 11.3. The second-order valence-electron chi connectivity index (χ2n) is 4.76. The third-order valence-corrected chi connectivity index (χ3v) is 3.35. The van der Waals surface area contributed by atoms with Gasteiger partial charge in [0.25, 0.3) is 0 Å². The lowest BCUT2D eigenvalue weighted by atomic mass is 10.1. The summed E-state index contributed by atoms with van der Waals surface area (Å²) in [6.07, 6.45) is 1.13. The van der Waals surface area contributed by atoms with Crippen molar-refractivity contribution in [2.45, 2.75) is 33.0 Å². The highest BCUT2D eigenvalue weighted by Crippen LogP contribution is 2.20. The molecule has 0 fully saturated rings. The molecular formula is C13H20Si. The maximum Gasteiger partial charge on any atom is 0.0690 e. The van der Waals surface area contributed by atoms with Crippen LogP contribution in [0.2, 0.25) is 19.6 Å². The zero-order valence-corrected chi connectivity index (χ0v) is 10.7. The Kier molecular flexibility index (Phi) is 3.70. The van der Waals surface area contributed by atoms with Crippen molar-refractivity contribution in [3.8, 4) is 0 Å². The van der Waals surface area contributed by atoms with Crippen molar-refractivity contribution in [2.24, 2.45) is 0 Å². The van der Waals surface area contributed by atoms with Crippen LogP contribution in [0.3, 0.4) is 0 Å². The van der Waals surface area contributed by atoms with Crippen LogP contribution in [0.5, 0.6) is 0 Å². The Bertz CT molecular complexity index is 304. The summed E-state index contributed by atoms with van der Waals surface area (Å²) in [5.74, 6) is 0. The van der Waals surface area contributed by atoms with Crippen LogP contribution in [0.4, 0.5) is 0 Å². The van der Waals surface area contributed by atoms with Gasteiger partial charge in [0.15, 0.2) is 0 Å². The summed E-state index contributed by atoms with van der Waals surface area (Å²) in [5, 5.41) is 0.